The first kappa shape index (κ1) is 15.5. The summed E-state index contributed by atoms with van der Waals surface area (Å²) in [5.41, 5.74) is -0.191. The molecule has 0 aromatic carbocycles. The maximum Gasteiger partial charge on any atom is 0.414 e. The first-order valence-corrected chi connectivity index (χ1v) is 6.19. The molecule has 108 valence electrons. The standard InChI is InChI=1S/C13H21NO5/c1-13(2,3)19-12(17)14-6-5-10(18-4)7-9(14)8-11(15)16/h8,10H,5-7H2,1-4H3,(H,15,16). The van der Waals surface area contributed by atoms with Crippen LogP contribution in [-0.2, 0) is 14.3 Å². The average Bonchev–Trinajstić information content (AvgIpc) is 2.25. The molecule has 0 spiro atoms. The van der Waals surface area contributed by atoms with E-state index in [4.69, 9.17) is 14.6 Å². The van der Waals surface area contributed by atoms with Crippen molar-refractivity contribution in [1.29, 1.82) is 0 Å². The van der Waals surface area contributed by atoms with Crippen LogP contribution in [0, 0.1) is 0 Å². The number of aliphatic carboxylic acids is 1. The molecule has 0 aromatic rings. The molecule has 1 fully saturated rings. The number of carboxylic acid groups (broad SMARTS) is 1. The van der Waals surface area contributed by atoms with Crippen LogP contribution in [0.5, 0.6) is 0 Å². The van der Waals surface area contributed by atoms with Gasteiger partial charge in [-0.2, -0.15) is 0 Å². The number of methoxy groups -OCH3 is 1. The lowest BCUT2D eigenvalue weighted by Crippen LogP contribution is -2.42. The predicted molar refractivity (Wildman–Crippen MR) is 68.7 cm³/mol. The maximum atomic E-state index is 12.0. The molecule has 1 amide bonds. The lowest BCUT2D eigenvalue weighted by atomic mass is 10.0. The topological polar surface area (TPSA) is 76.1 Å². The molecule has 1 rings (SSSR count). The molecular formula is C13H21NO5. The van der Waals surface area contributed by atoms with E-state index < -0.39 is 17.7 Å². The Morgan fingerprint density at radius 3 is 2.53 bits per heavy atom. The zero-order valence-corrected chi connectivity index (χ0v) is 11.8. The summed E-state index contributed by atoms with van der Waals surface area (Å²) in [5, 5.41) is 8.86. The summed E-state index contributed by atoms with van der Waals surface area (Å²) in [6.45, 7) is 5.71. The first-order chi connectivity index (χ1) is 8.73. The molecule has 1 unspecified atom stereocenters. The van der Waals surface area contributed by atoms with Gasteiger partial charge in [0, 0.05) is 31.8 Å². The van der Waals surface area contributed by atoms with Gasteiger partial charge in [0.25, 0.3) is 0 Å². The van der Waals surface area contributed by atoms with E-state index in [9.17, 15) is 9.59 Å². The maximum absolute atomic E-state index is 12.0. The molecule has 6 nitrogen and oxygen atoms in total. The van der Waals surface area contributed by atoms with Crippen molar-refractivity contribution in [3.63, 3.8) is 0 Å². The second kappa shape index (κ2) is 6.06. The average molecular weight is 271 g/mol. The molecule has 0 aromatic heterocycles. The number of amides is 1. The molecule has 1 atom stereocenters. The van der Waals surface area contributed by atoms with Crippen LogP contribution < -0.4 is 0 Å². The van der Waals surface area contributed by atoms with Gasteiger partial charge in [-0.15, -0.1) is 0 Å². The number of hydrogen-bond donors (Lipinski definition) is 1. The molecule has 0 radical (unpaired) electrons. The van der Waals surface area contributed by atoms with Gasteiger partial charge in [0.2, 0.25) is 0 Å². The zero-order valence-electron chi connectivity index (χ0n) is 11.8. The van der Waals surface area contributed by atoms with Gasteiger partial charge in [-0.3, -0.25) is 4.90 Å². The molecule has 1 aliphatic heterocycles. The van der Waals surface area contributed by atoms with E-state index in [2.05, 4.69) is 0 Å². The summed E-state index contributed by atoms with van der Waals surface area (Å²) >= 11 is 0. The smallest absolute Gasteiger partial charge is 0.414 e. The Labute approximate surface area is 113 Å². The van der Waals surface area contributed by atoms with E-state index in [1.165, 1.54) is 4.90 Å². The van der Waals surface area contributed by atoms with Gasteiger partial charge in [-0.1, -0.05) is 0 Å². The summed E-state index contributed by atoms with van der Waals surface area (Å²) in [5.74, 6) is -1.08. The monoisotopic (exact) mass is 271 g/mol. The third-order valence-corrected chi connectivity index (χ3v) is 2.70. The highest BCUT2D eigenvalue weighted by Gasteiger charge is 2.30. The Balaban J connectivity index is 2.85. The third kappa shape index (κ3) is 4.90. The van der Waals surface area contributed by atoms with Crippen LogP contribution >= 0.6 is 0 Å². The summed E-state index contributed by atoms with van der Waals surface area (Å²) in [7, 11) is 1.58. The summed E-state index contributed by atoms with van der Waals surface area (Å²) in [4.78, 5) is 24.2. The van der Waals surface area contributed by atoms with Crippen LogP contribution in [0.25, 0.3) is 0 Å². The molecule has 1 N–H and O–H groups in total. The van der Waals surface area contributed by atoms with Gasteiger partial charge < -0.3 is 14.6 Å². The number of likely N-dealkylation sites (tertiary alicyclic amines) is 1. The first-order valence-electron chi connectivity index (χ1n) is 6.19. The fourth-order valence-corrected chi connectivity index (χ4v) is 1.87. The number of nitrogens with zero attached hydrogens (tertiary/aromatic N) is 1. The Bertz CT molecular complexity index is 383. The molecule has 1 heterocycles. The van der Waals surface area contributed by atoms with Crippen molar-refractivity contribution in [2.24, 2.45) is 0 Å². The number of ether oxygens (including phenoxy) is 2. The highest BCUT2D eigenvalue weighted by Crippen LogP contribution is 2.25. The minimum Gasteiger partial charge on any atom is -0.478 e. The van der Waals surface area contributed by atoms with Crippen LogP contribution in [0.15, 0.2) is 11.8 Å². The van der Waals surface area contributed by atoms with Gasteiger partial charge in [0.1, 0.15) is 5.60 Å². The molecule has 0 aliphatic carbocycles. The van der Waals surface area contributed by atoms with E-state index in [0.717, 1.165) is 6.08 Å². The fraction of sp³-hybridized carbons (Fsp3) is 0.692. The number of carbonyl (C=O) groups is 2. The van der Waals surface area contributed by atoms with Crippen molar-refractivity contribution in [2.45, 2.75) is 45.3 Å². The molecule has 19 heavy (non-hydrogen) atoms. The van der Waals surface area contributed by atoms with Crippen molar-refractivity contribution in [3.8, 4) is 0 Å². The van der Waals surface area contributed by atoms with Crippen molar-refractivity contribution >= 4 is 12.1 Å². The predicted octanol–water partition coefficient (Wildman–Crippen LogP) is 2.00. The van der Waals surface area contributed by atoms with Gasteiger partial charge in [-0.25, -0.2) is 9.59 Å². The summed E-state index contributed by atoms with van der Waals surface area (Å²) < 4.78 is 10.5. The van der Waals surface area contributed by atoms with Crippen LogP contribution in [0.2, 0.25) is 0 Å². The number of hydrogen-bond acceptors (Lipinski definition) is 4. The van der Waals surface area contributed by atoms with Gasteiger partial charge in [0.15, 0.2) is 0 Å². The number of piperidine rings is 1. The lowest BCUT2D eigenvalue weighted by Gasteiger charge is -2.34. The van der Waals surface area contributed by atoms with Gasteiger partial charge in [0.05, 0.1) is 6.10 Å². The van der Waals surface area contributed by atoms with Gasteiger partial charge in [-0.05, 0) is 27.2 Å². The second-order valence-electron chi connectivity index (χ2n) is 5.46. The largest absolute Gasteiger partial charge is 0.478 e. The highest BCUT2D eigenvalue weighted by atomic mass is 16.6. The van der Waals surface area contributed by atoms with Crippen LogP contribution in [0.3, 0.4) is 0 Å². The minimum absolute atomic E-state index is 0.0655. The van der Waals surface area contributed by atoms with Crippen molar-refractivity contribution in [3.05, 3.63) is 11.8 Å². The third-order valence-electron chi connectivity index (χ3n) is 2.70. The molecular weight excluding hydrogens is 250 g/mol. The number of rotatable bonds is 2. The van der Waals surface area contributed by atoms with Crippen LogP contribution in [0.1, 0.15) is 33.6 Å². The van der Waals surface area contributed by atoms with E-state index in [0.29, 0.717) is 25.1 Å². The zero-order chi connectivity index (χ0) is 14.6. The minimum atomic E-state index is -1.08. The van der Waals surface area contributed by atoms with E-state index >= 15 is 0 Å². The molecule has 0 saturated carbocycles. The lowest BCUT2D eigenvalue weighted by molar-refractivity contribution is -0.131. The van der Waals surface area contributed by atoms with Crippen molar-refractivity contribution in [2.75, 3.05) is 13.7 Å². The van der Waals surface area contributed by atoms with Gasteiger partial charge >= 0.3 is 12.1 Å². The molecule has 6 heteroatoms. The van der Waals surface area contributed by atoms with Crippen molar-refractivity contribution < 1.29 is 24.2 Å². The SMILES string of the molecule is COC1CCN(C(=O)OC(C)(C)C)C(=CC(=O)O)C1. The Morgan fingerprint density at radius 1 is 1.42 bits per heavy atom. The van der Waals surface area contributed by atoms with Crippen molar-refractivity contribution in [1.82, 2.24) is 4.90 Å². The fourth-order valence-electron chi connectivity index (χ4n) is 1.87. The normalized spacial score (nSPS) is 22.4. The van der Waals surface area contributed by atoms with Crippen LogP contribution in [0.4, 0.5) is 4.79 Å². The number of carboxylic acids is 1. The number of carbonyl (C=O) groups excluding carboxylic acids is 1. The quantitative estimate of drug-likeness (QED) is 0.777. The second-order valence-corrected chi connectivity index (χ2v) is 5.46. The summed E-state index contributed by atoms with van der Waals surface area (Å²) in [6, 6.07) is 0. The molecule has 0 bridgehead atoms. The Hall–Kier alpha value is -1.56. The van der Waals surface area contributed by atoms with E-state index in [1.54, 1.807) is 27.9 Å². The highest BCUT2D eigenvalue weighted by molar-refractivity contribution is 5.82. The van der Waals surface area contributed by atoms with E-state index in [-0.39, 0.29) is 6.10 Å². The van der Waals surface area contributed by atoms with Crippen LogP contribution in [-0.4, -0.2) is 47.4 Å². The Kier molecular flexibility index (Phi) is 4.94. The Morgan fingerprint density at radius 2 is 2.05 bits per heavy atom. The van der Waals surface area contributed by atoms with E-state index in [1.807, 2.05) is 0 Å². The molecule has 1 aliphatic rings. The summed E-state index contributed by atoms with van der Waals surface area (Å²) in [6.07, 6.45) is 1.50. The molecule has 1 saturated heterocycles.